The molecule has 0 aliphatic carbocycles. The molecule has 0 bridgehead atoms. The molecule has 13 rings (SSSR count). The lowest BCUT2D eigenvalue weighted by atomic mass is 9.33. The fourth-order valence-electron chi connectivity index (χ4n) is 11.0. The Morgan fingerprint density at radius 1 is 0.342 bits per heavy atom. The van der Waals surface area contributed by atoms with Crippen molar-refractivity contribution in [1.82, 2.24) is 9.97 Å². The van der Waals surface area contributed by atoms with Crippen molar-refractivity contribution < 1.29 is 0 Å². The quantitative estimate of drug-likeness (QED) is 0.142. The summed E-state index contributed by atoms with van der Waals surface area (Å²) in [5.41, 5.74) is 23.3. The Morgan fingerprint density at radius 2 is 0.822 bits per heavy atom. The average molecular weight is 935 g/mol. The van der Waals surface area contributed by atoms with Gasteiger partial charge < -0.3 is 9.80 Å². The van der Waals surface area contributed by atoms with E-state index >= 15 is 0 Å². The van der Waals surface area contributed by atoms with Crippen LogP contribution < -0.4 is 26.2 Å². The highest BCUT2D eigenvalue weighted by Crippen LogP contribution is 2.49. The maximum absolute atomic E-state index is 5.50. The van der Waals surface area contributed by atoms with E-state index in [-0.39, 0.29) is 12.1 Å². The Kier molecular flexibility index (Phi) is 10.8. The first kappa shape index (κ1) is 43.9. The number of hydrogen-bond acceptors (Lipinski definition) is 4. The van der Waals surface area contributed by atoms with Crippen LogP contribution in [-0.4, -0.2) is 16.7 Å². The van der Waals surface area contributed by atoms with Gasteiger partial charge in [-0.05, 0) is 121 Å². The van der Waals surface area contributed by atoms with Gasteiger partial charge >= 0.3 is 0 Å². The Hall–Kier alpha value is -9.06. The van der Waals surface area contributed by atoms with E-state index in [0.717, 1.165) is 67.6 Å². The third-order valence-corrected chi connectivity index (χ3v) is 14.6. The molecule has 0 saturated heterocycles. The Labute approximate surface area is 428 Å². The van der Waals surface area contributed by atoms with Crippen molar-refractivity contribution in [3.63, 3.8) is 0 Å². The molecule has 10 aromatic carbocycles. The van der Waals surface area contributed by atoms with Crippen LogP contribution in [0.1, 0.15) is 26.3 Å². The van der Waals surface area contributed by atoms with Crippen LogP contribution in [0, 0.1) is 0 Å². The van der Waals surface area contributed by atoms with E-state index in [1.54, 1.807) is 0 Å². The van der Waals surface area contributed by atoms with Gasteiger partial charge in [-0.15, -0.1) is 0 Å². The van der Waals surface area contributed by atoms with Crippen molar-refractivity contribution in [1.29, 1.82) is 0 Å². The first-order chi connectivity index (χ1) is 35.8. The number of anilines is 6. The van der Waals surface area contributed by atoms with Gasteiger partial charge in [0, 0.05) is 45.1 Å². The molecule has 0 N–H and O–H groups in total. The van der Waals surface area contributed by atoms with Crippen LogP contribution in [0.25, 0.3) is 67.3 Å². The van der Waals surface area contributed by atoms with Gasteiger partial charge in [0.15, 0.2) is 5.82 Å². The molecule has 0 spiro atoms. The topological polar surface area (TPSA) is 32.3 Å². The number of benzene rings is 10. The molecule has 73 heavy (non-hydrogen) atoms. The molecule has 5 heteroatoms. The van der Waals surface area contributed by atoms with E-state index in [2.05, 4.69) is 285 Å². The maximum Gasteiger partial charge on any atom is 0.252 e. The summed E-state index contributed by atoms with van der Waals surface area (Å²) in [6, 6.07) is 92.4. The van der Waals surface area contributed by atoms with Gasteiger partial charge in [-0.25, -0.2) is 9.97 Å². The number of nitrogens with zero attached hydrogens (tertiary/aromatic N) is 4. The van der Waals surface area contributed by atoms with E-state index in [1.165, 1.54) is 49.9 Å². The Bertz CT molecular complexity index is 3710. The van der Waals surface area contributed by atoms with Crippen molar-refractivity contribution >= 4 is 57.2 Å². The van der Waals surface area contributed by atoms with E-state index in [1.807, 2.05) is 0 Å². The lowest BCUT2D eigenvalue weighted by Crippen LogP contribution is -2.61. The summed E-state index contributed by atoms with van der Waals surface area (Å²) in [7, 11) is 0. The molecule has 0 fully saturated rings. The van der Waals surface area contributed by atoms with Gasteiger partial charge in [0.1, 0.15) is 0 Å². The Morgan fingerprint density at radius 3 is 1.34 bits per heavy atom. The van der Waals surface area contributed by atoms with Gasteiger partial charge in [-0.3, -0.25) is 0 Å². The van der Waals surface area contributed by atoms with Crippen LogP contribution in [0.5, 0.6) is 0 Å². The van der Waals surface area contributed by atoms with Gasteiger partial charge in [-0.2, -0.15) is 0 Å². The predicted octanol–water partition coefficient (Wildman–Crippen LogP) is 15.9. The molecule has 346 valence electrons. The third-order valence-electron chi connectivity index (χ3n) is 14.6. The molecular formula is C68H51BN4. The molecule has 2 aliphatic heterocycles. The van der Waals surface area contributed by atoms with Crippen LogP contribution in [0.4, 0.5) is 34.1 Å². The molecule has 0 atom stereocenters. The van der Waals surface area contributed by atoms with Crippen LogP contribution in [-0.2, 0) is 5.41 Å². The number of fused-ring (bicyclic) bond motifs is 4. The van der Waals surface area contributed by atoms with Crippen LogP contribution >= 0.6 is 0 Å². The highest BCUT2D eigenvalue weighted by molar-refractivity contribution is 7.00. The number of hydrogen-bond donors (Lipinski definition) is 0. The fourth-order valence-corrected chi connectivity index (χ4v) is 11.0. The summed E-state index contributed by atoms with van der Waals surface area (Å²) >= 11 is 0. The monoisotopic (exact) mass is 934 g/mol. The van der Waals surface area contributed by atoms with E-state index in [0.29, 0.717) is 5.82 Å². The van der Waals surface area contributed by atoms with Crippen molar-refractivity contribution in [2.24, 2.45) is 0 Å². The summed E-state index contributed by atoms with van der Waals surface area (Å²) in [4.78, 5) is 16.1. The summed E-state index contributed by atoms with van der Waals surface area (Å²) < 4.78 is 0. The van der Waals surface area contributed by atoms with Gasteiger partial charge in [-0.1, -0.05) is 215 Å². The highest BCUT2D eigenvalue weighted by Gasteiger charge is 2.45. The molecule has 0 radical (unpaired) electrons. The second-order valence-electron chi connectivity index (χ2n) is 20.2. The molecule has 1 aromatic heterocycles. The molecular weight excluding hydrogens is 884 g/mol. The summed E-state index contributed by atoms with van der Waals surface area (Å²) in [5, 5.41) is 0. The minimum absolute atomic E-state index is 0.152. The molecule has 0 unspecified atom stereocenters. The summed E-state index contributed by atoms with van der Waals surface area (Å²) in [6.07, 6.45) is 0. The standard InChI is InChI=1S/C68H51BN4/c1-68(2,3)54-43-63-65-64(44-54)73(55-33-20-9-21-34-55)66-57(67-70-60(49-29-16-7-17-30-49)45-61(71-67)50-31-18-8-19-32-50)35-22-36-58(66)69(65)59-42-51(46-23-10-4-11-24-46)37-38-62(59)72(63)56-40-52(47-25-12-5-13-26-47)39-53(41-56)48-27-14-6-15-28-48/h4-45H,1-3H3. The van der Waals surface area contributed by atoms with E-state index in [4.69, 9.17) is 9.97 Å². The molecule has 0 amide bonds. The lowest BCUT2D eigenvalue weighted by molar-refractivity contribution is 0.590. The molecule has 4 nitrogen and oxygen atoms in total. The number of rotatable bonds is 8. The highest BCUT2D eigenvalue weighted by atomic mass is 15.2. The minimum atomic E-state index is -0.203. The minimum Gasteiger partial charge on any atom is -0.311 e. The van der Waals surface area contributed by atoms with Crippen LogP contribution in [0.2, 0.25) is 0 Å². The smallest absolute Gasteiger partial charge is 0.252 e. The second kappa shape index (κ2) is 18.0. The largest absolute Gasteiger partial charge is 0.311 e. The maximum atomic E-state index is 5.50. The molecule has 11 aromatic rings. The lowest BCUT2D eigenvalue weighted by Gasteiger charge is -2.45. The van der Waals surface area contributed by atoms with Gasteiger partial charge in [0.2, 0.25) is 0 Å². The zero-order chi connectivity index (χ0) is 49.0. The Balaban J connectivity index is 1.14. The van der Waals surface area contributed by atoms with E-state index < -0.39 is 0 Å². The zero-order valence-corrected chi connectivity index (χ0v) is 41.1. The first-order valence-corrected chi connectivity index (χ1v) is 25.3. The van der Waals surface area contributed by atoms with E-state index in [9.17, 15) is 0 Å². The fraction of sp³-hybridized carbons (Fsp3) is 0.0588. The normalized spacial score (nSPS) is 12.5. The van der Waals surface area contributed by atoms with Gasteiger partial charge in [0.25, 0.3) is 6.71 Å². The van der Waals surface area contributed by atoms with Crippen molar-refractivity contribution in [3.8, 4) is 67.3 Å². The van der Waals surface area contributed by atoms with Crippen molar-refractivity contribution in [2.45, 2.75) is 26.2 Å². The molecule has 3 heterocycles. The predicted molar refractivity (Wildman–Crippen MR) is 307 cm³/mol. The molecule has 2 aliphatic rings. The summed E-state index contributed by atoms with van der Waals surface area (Å²) in [5.74, 6) is 0.676. The van der Waals surface area contributed by atoms with Gasteiger partial charge in [0.05, 0.1) is 17.1 Å². The number of aromatic nitrogens is 2. The first-order valence-electron chi connectivity index (χ1n) is 25.3. The summed E-state index contributed by atoms with van der Waals surface area (Å²) in [6.45, 7) is 6.84. The van der Waals surface area contributed by atoms with Crippen molar-refractivity contribution in [2.75, 3.05) is 9.80 Å². The molecule has 0 saturated carbocycles. The number of para-hydroxylation sites is 2. The van der Waals surface area contributed by atoms with Crippen LogP contribution in [0.15, 0.2) is 255 Å². The average Bonchev–Trinajstić information content (AvgIpc) is 3.46. The SMILES string of the molecule is CC(C)(C)c1cc2c3c(c1)N(c1ccccc1)c1c(cccc1-c1nc(-c4ccccc4)cc(-c4ccccc4)n1)B3c1cc(-c3ccccc3)ccc1N2c1cc(-c2ccccc2)cc(-c2ccccc2)c1. The van der Waals surface area contributed by atoms with Crippen LogP contribution in [0.3, 0.4) is 0 Å². The second-order valence-corrected chi connectivity index (χ2v) is 20.2. The third kappa shape index (κ3) is 7.91. The van der Waals surface area contributed by atoms with Crippen molar-refractivity contribution in [3.05, 3.63) is 260 Å². The zero-order valence-electron chi connectivity index (χ0n) is 41.1.